The molecule has 0 amide bonds. The van der Waals surface area contributed by atoms with Crippen LogP contribution < -0.4 is 0 Å². The molecule has 1 nitrogen and oxygen atoms in total. The van der Waals surface area contributed by atoms with Gasteiger partial charge in [-0.3, -0.25) is 0 Å². The molecule has 0 unspecified atom stereocenters. The first-order chi connectivity index (χ1) is 6.33. The van der Waals surface area contributed by atoms with Crippen molar-refractivity contribution in [1.29, 1.82) is 0 Å². The van der Waals surface area contributed by atoms with Crippen LogP contribution in [0.3, 0.4) is 0 Å². The summed E-state index contributed by atoms with van der Waals surface area (Å²) in [5.41, 5.74) is 0. The Labute approximate surface area is 88.3 Å². The standard InChI is InChI=1S/C11H23NS/c1-11-5-8-12(9-6-11)7-3-2-4-10-13/h11,13H,2-10H2,1H3. The molecule has 0 aromatic heterocycles. The molecule has 0 N–H and O–H groups in total. The van der Waals surface area contributed by atoms with Crippen LogP contribution in [-0.4, -0.2) is 30.3 Å². The summed E-state index contributed by atoms with van der Waals surface area (Å²) in [6.07, 6.45) is 6.83. The lowest BCUT2D eigenvalue weighted by molar-refractivity contribution is 0.189. The van der Waals surface area contributed by atoms with E-state index >= 15 is 0 Å². The minimum absolute atomic E-state index is 0.966. The first-order valence-corrected chi connectivity index (χ1v) is 6.29. The first-order valence-electron chi connectivity index (χ1n) is 5.66. The minimum atomic E-state index is 0.966. The smallest absolute Gasteiger partial charge is 0.00162 e. The van der Waals surface area contributed by atoms with Crippen molar-refractivity contribution >= 4 is 12.6 Å². The molecule has 0 saturated carbocycles. The van der Waals surface area contributed by atoms with Gasteiger partial charge in [0.25, 0.3) is 0 Å². The highest BCUT2D eigenvalue weighted by atomic mass is 32.1. The Hall–Kier alpha value is 0.310. The maximum Gasteiger partial charge on any atom is -0.00162 e. The van der Waals surface area contributed by atoms with Gasteiger partial charge in [-0.05, 0) is 57.0 Å². The van der Waals surface area contributed by atoms with Crippen molar-refractivity contribution in [3.05, 3.63) is 0 Å². The SMILES string of the molecule is CC1CCN(CCCCCS)CC1. The molecule has 0 aromatic rings. The molecule has 0 bridgehead atoms. The summed E-state index contributed by atoms with van der Waals surface area (Å²) in [7, 11) is 0. The van der Waals surface area contributed by atoms with Gasteiger partial charge in [0, 0.05) is 0 Å². The first kappa shape index (κ1) is 11.4. The van der Waals surface area contributed by atoms with E-state index < -0.39 is 0 Å². The fourth-order valence-electron chi connectivity index (χ4n) is 1.91. The van der Waals surface area contributed by atoms with E-state index in [4.69, 9.17) is 0 Å². The molecule has 0 atom stereocenters. The Kier molecular flexibility index (Phi) is 5.88. The third-order valence-electron chi connectivity index (χ3n) is 3.01. The van der Waals surface area contributed by atoms with Crippen molar-refractivity contribution in [3.8, 4) is 0 Å². The molecule has 1 heterocycles. The second-order valence-corrected chi connectivity index (χ2v) is 4.76. The average Bonchev–Trinajstić information content (AvgIpc) is 2.15. The summed E-state index contributed by atoms with van der Waals surface area (Å²) < 4.78 is 0. The predicted octanol–water partition coefficient (Wildman–Crippen LogP) is 2.82. The fraction of sp³-hybridized carbons (Fsp3) is 1.00. The lowest BCUT2D eigenvalue weighted by Gasteiger charge is -2.30. The molecule has 0 aliphatic carbocycles. The van der Waals surface area contributed by atoms with Crippen molar-refractivity contribution in [2.24, 2.45) is 5.92 Å². The molecule has 0 radical (unpaired) electrons. The molecule has 78 valence electrons. The van der Waals surface area contributed by atoms with Crippen LogP contribution in [-0.2, 0) is 0 Å². The summed E-state index contributed by atoms with van der Waals surface area (Å²) in [6.45, 7) is 6.36. The second-order valence-electron chi connectivity index (χ2n) is 4.31. The lowest BCUT2D eigenvalue weighted by atomic mass is 9.99. The van der Waals surface area contributed by atoms with E-state index in [2.05, 4.69) is 24.5 Å². The zero-order chi connectivity index (χ0) is 9.52. The normalized spacial score (nSPS) is 20.8. The predicted molar refractivity (Wildman–Crippen MR) is 62.5 cm³/mol. The minimum Gasteiger partial charge on any atom is -0.303 e. The number of thiol groups is 1. The van der Waals surface area contributed by atoms with Crippen LogP contribution in [0, 0.1) is 5.92 Å². The zero-order valence-corrected chi connectivity index (χ0v) is 9.73. The molecular weight excluding hydrogens is 178 g/mol. The van der Waals surface area contributed by atoms with E-state index in [9.17, 15) is 0 Å². The third kappa shape index (κ3) is 4.92. The number of piperidine rings is 1. The highest BCUT2D eigenvalue weighted by Gasteiger charge is 2.14. The number of unbranched alkanes of at least 4 members (excludes halogenated alkanes) is 2. The molecule has 1 aliphatic heterocycles. The summed E-state index contributed by atoms with van der Waals surface area (Å²) in [4.78, 5) is 2.62. The topological polar surface area (TPSA) is 3.24 Å². The van der Waals surface area contributed by atoms with Crippen LogP contribution in [0.5, 0.6) is 0 Å². The van der Waals surface area contributed by atoms with Crippen molar-refractivity contribution in [2.45, 2.75) is 39.0 Å². The number of rotatable bonds is 5. The Morgan fingerprint density at radius 3 is 2.46 bits per heavy atom. The maximum absolute atomic E-state index is 4.22. The van der Waals surface area contributed by atoms with Gasteiger partial charge >= 0.3 is 0 Å². The molecule has 0 spiro atoms. The number of nitrogens with zero attached hydrogens (tertiary/aromatic N) is 1. The zero-order valence-electron chi connectivity index (χ0n) is 8.84. The summed E-state index contributed by atoms with van der Waals surface area (Å²) in [6, 6.07) is 0. The lowest BCUT2D eigenvalue weighted by Crippen LogP contribution is -2.33. The van der Waals surface area contributed by atoms with Crippen LogP contribution in [0.15, 0.2) is 0 Å². The van der Waals surface area contributed by atoms with Gasteiger partial charge in [-0.15, -0.1) is 0 Å². The van der Waals surface area contributed by atoms with E-state index in [1.165, 1.54) is 51.7 Å². The second kappa shape index (κ2) is 6.72. The summed E-state index contributed by atoms with van der Waals surface area (Å²) in [5.74, 6) is 2.02. The average molecular weight is 201 g/mol. The van der Waals surface area contributed by atoms with Gasteiger partial charge in [-0.2, -0.15) is 12.6 Å². The van der Waals surface area contributed by atoms with Gasteiger partial charge in [0.15, 0.2) is 0 Å². The molecule has 1 rings (SSSR count). The van der Waals surface area contributed by atoms with Gasteiger partial charge in [0.2, 0.25) is 0 Å². The maximum atomic E-state index is 4.22. The largest absolute Gasteiger partial charge is 0.303 e. The van der Waals surface area contributed by atoms with Crippen molar-refractivity contribution < 1.29 is 0 Å². The summed E-state index contributed by atoms with van der Waals surface area (Å²) >= 11 is 4.22. The molecule has 2 heteroatoms. The van der Waals surface area contributed by atoms with Crippen LogP contribution in [0.25, 0.3) is 0 Å². The Balaban J connectivity index is 1.96. The molecule has 1 saturated heterocycles. The van der Waals surface area contributed by atoms with E-state index in [0.717, 1.165) is 11.7 Å². The highest BCUT2D eigenvalue weighted by Crippen LogP contribution is 2.16. The van der Waals surface area contributed by atoms with Crippen LogP contribution in [0.1, 0.15) is 39.0 Å². The molecule has 0 aromatic carbocycles. The van der Waals surface area contributed by atoms with Gasteiger partial charge < -0.3 is 4.90 Å². The van der Waals surface area contributed by atoms with Crippen LogP contribution in [0.2, 0.25) is 0 Å². The highest BCUT2D eigenvalue weighted by molar-refractivity contribution is 7.80. The fourth-order valence-corrected chi connectivity index (χ4v) is 2.13. The van der Waals surface area contributed by atoms with Crippen LogP contribution in [0.4, 0.5) is 0 Å². The number of likely N-dealkylation sites (tertiary alicyclic amines) is 1. The van der Waals surface area contributed by atoms with E-state index in [1.54, 1.807) is 0 Å². The van der Waals surface area contributed by atoms with Gasteiger partial charge in [0.1, 0.15) is 0 Å². The van der Waals surface area contributed by atoms with Gasteiger partial charge in [-0.25, -0.2) is 0 Å². The Morgan fingerprint density at radius 2 is 1.85 bits per heavy atom. The monoisotopic (exact) mass is 201 g/mol. The molecular formula is C11H23NS. The Bertz CT molecular complexity index is 119. The van der Waals surface area contributed by atoms with Crippen molar-refractivity contribution in [2.75, 3.05) is 25.4 Å². The number of hydrogen-bond acceptors (Lipinski definition) is 2. The van der Waals surface area contributed by atoms with Crippen LogP contribution >= 0.6 is 12.6 Å². The molecule has 1 aliphatic rings. The van der Waals surface area contributed by atoms with Gasteiger partial charge in [-0.1, -0.05) is 13.3 Å². The quantitative estimate of drug-likeness (QED) is 0.529. The molecule has 13 heavy (non-hydrogen) atoms. The van der Waals surface area contributed by atoms with Crippen molar-refractivity contribution in [1.82, 2.24) is 4.90 Å². The third-order valence-corrected chi connectivity index (χ3v) is 3.32. The Morgan fingerprint density at radius 1 is 1.15 bits per heavy atom. The van der Waals surface area contributed by atoms with E-state index in [0.29, 0.717) is 0 Å². The summed E-state index contributed by atoms with van der Waals surface area (Å²) in [5, 5.41) is 0. The van der Waals surface area contributed by atoms with Gasteiger partial charge in [0.05, 0.1) is 0 Å². The van der Waals surface area contributed by atoms with Crippen molar-refractivity contribution in [3.63, 3.8) is 0 Å². The molecule has 1 fully saturated rings. The van der Waals surface area contributed by atoms with E-state index in [-0.39, 0.29) is 0 Å². The number of hydrogen-bond donors (Lipinski definition) is 1. The van der Waals surface area contributed by atoms with E-state index in [1.807, 2.05) is 0 Å².